The molecule has 1 unspecified atom stereocenters. The van der Waals surface area contributed by atoms with E-state index in [1.807, 2.05) is 0 Å². The van der Waals surface area contributed by atoms with Gasteiger partial charge in [0.2, 0.25) is 0 Å². The summed E-state index contributed by atoms with van der Waals surface area (Å²) < 4.78 is 0. The molecule has 0 bridgehead atoms. The number of rotatable bonds is 0. The van der Waals surface area contributed by atoms with E-state index in [0.717, 1.165) is 11.8 Å². The maximum atomic E-state index is 9.13. The minimum atomic E-state index is 0.109. The van der Waals surface area contributed by atoms with Crippen molar-refractivity contribution in [1.82, 2.24) is 0 Å². The van der Waals surface area contributed by atoms with Crippen LogP contribution in [0.5, 0.6) is 0 Å². The standard InChI is InChI=1S/C7H12O/c8-7-5-3-1-2-4-6(5)7/h5-8H,1-4H2/t5-,6+,7?. The molecule has 2 rings (SSSR count). The smallest absolute Gasteiger partial charge is 0.0603 e. The highest BCUT2D eigenvalue weighted by atomic mass is 16.3. The zero-order valence-corrected chi connectivity index (χ0v) is 5.01. The molecule has 0 saturated heterocycles. The largest absolute Gasteiger partial charge is 0.393 e. The Hall–Kier alpha value is -0.0400. The maximum Gasteiger partial charge on any atom is 0.0603 e. The molecule has 0 amide bonds. The van der Waals surface area contributed by atoms with E-state index in [4.69, 9.17) is 5.11 Å². The molecule has 1 N–H and O–H groups in total. The van der Waals surface area contributed by atoms with Crippen molar-refractivity contribution in [3.8, 4) is 0 Å². The lowest BCUT2D eigenvalue weighted by atomic mass is 10.0. The van der Waals surface area contributed by atoms with Crippen molar-refractivity contribution in [3.63, 3.8) is 0 Å². The molecule has 2 saturated carbocycles. The van der Waals surface area contributed by atoms with Crippen LogP contribution in [0.25, 0.3) is 0 Å². The van der Waals surface area contributed by atoms with Crippen LogP contribution < -0.4 is 0 Å². The Kier molecular flexibility index (Phi) is 0.884. The van der Waals surface area contributed by atoms with Gasteiger partial charge in [-0.25, -0.2) is 0 Å². The lowest BCUT2D eigenvalue weighted by Gasteiger charge is -2.04. The van der Waals surface area contributed by atoms with Crippen LogP contribution in [0, 0.1) is 11.8 Å². The molecule has 1 nitrogen and oxygen atoms in total. The summed E-state index contributed by atoms with van der Waals surface area (Å²) in [5, 5.41) is 9.13. The Labute approximate surface area is 49.7 Å². The highest BCUT2D eigenvalue weighted by Crippen LogP contribution is 2.49. The normalized spacial score (nSPS) is 52.9. The zero-order valence-electron chi connectivity index (χ0n) is 5.01. The Morgan fingerprint density at radius 2 is 1.50 bits per heavy atom. The highest BCUT2D eigenvalue weighted by Gasteiger charge is 2.49. The summed E-state index contributed by atoms with van der Waals surface area (Å²) in [4.78, 5) is 0. The first-order valence-corrected chi connectivity index (χ1v) is 3.57. The molecular formula is C7H12O. The van der Waals surface area contributed by atoms with Gasteiger partial charge in [-0.15, -0.1) is 0 Å². The lowest BCUT2D eigenvalue weighted by molar-refractivity contribution is 0.248. The third kappa shape index (κ3) is 0.510. The summed E-state index contributed by atoms with van der Waals surface area (Å²) in [7, 11) is 0. The van der Waals surface area contributed by atoms with Crippen LogP contribution in [0.1, 0.15) is 25.7 Å². The van der Waals surface area contributed by atoms with Gasteiger partial charge in [0.1, 0.15) is 0 Å². The van der Waals surface area contributed by atoms with Gasteiger partial charge in [0.05, 0.1) is 6.10 Å². The van der Waals surface area contributed by atoms with Crippen molar-refractivity contribution in [2.45, 2.75) is 31.8 Å². The van der Waals surface area contributed by atoms with Crippen molar-refractivity contribution in [2.24, 2.45) is 11.8 Å². The van der Waals surface area contributed by atoms with Crippen LogP contribution in [0.2, 0.25) is 0 Å². The third-order valence-corrected chi connectivity index (χ3v) is 2.61. The second-order valence-corrected chi connectivity index (χ2v) is 3.10. The average molecular weight is 112 g/mol. The molecular weight excluding hydrogens is 100 g/mol. The summed E-state index contributed by atoms with van der Waals surface area (Å²) in [6.07, 6.45) is 5.42. The Morgan fingerprint density at radius 3 is 1.88 bits per heavy atom. The lowest BCUT2D eigenvalue weighted by Crippen LogP contribution is -1.91. The van der Waals surface area contributed by atoms with E-state index >= 15 is 0 Å². The fourth-order valence-corrected chi connectivity index (χ4v) is 1.95. The van der Waals surface area contributed by atoms with Crippen molar-refractivity contribution >= 4 is 0 Å². The zero-order chi connectivity index (χ0) is 5.56. The number of hydrogen-bond acceptors (Lipinski definition) is 1. The van der Waals surface area contributed by atoms with Gasteiger partial charge in [-0.1, -0.05) is 12.8 Å². The average Bonchev–Trinajstić information content (AvgIpc) is 2.46. The van der Waals surface area contributed by atoms with E-state index in [9.17, 15) is 0 Å². The summed E-state index contributed by atoms with van der Waals surface area (Å²) in [6, 6.07) is 0. The molecule has 2 fully saturated rings. The van der Waals surface area contributed by atoms with Crippen molar-refractivity contribution in [2.75, 3.05) is 0 Å². The van der Waals surface area contributed by atoms with E-state index in [1.165, 1.54) is 25.7 Å². The fourth-order valence-electron chi connectivity index (χ4n) is 1.95. The third-order valence-electron chi connectivity index (χ3n) is 2.61. The molecule has 0 aliphatic heterocycles. The van der Waals surface area contributed by atoms with Gasteiger partial charge in [0.15, 0.2) is 0 Å². The topological polar surface area (TPSA) is 20.2 Å². The summed E-state index contributed by atoms with van der Waals surface area (Å²) >= 11 is 0. The van der Waals surface area contributed by atoms with E-state index in [2.05, 4.69) is 0 Å². The molecule has 46 valence electrons. The Morgan fingerprint density at radius 1 is 1.00 bits per heavy atom. The van der Waals surface area contributed by atoms with E-state index < -0.39 is 0 Å². The number of aliphatic hydroxyl groups is 1. The minimum Gasteiger partial charge on any atom is -0.393 e. The second kappa shape index (κ2) is 1.47. The Bertz CT molecular complexity index is 88.6. The fraction of sp³-hybridized carbons (Fsp3) is 1.00. The first-order chi connectivity index (χ1) is 3.89. The van der Waals surface area contributed by atoms with Gasteiger partial charge in [0.25, 0.3) is 0 Å². The summed E-state index contributed by atoms with van der Waals surface area (Å²) in [6.45, 7) is 0. The molecule has 1 heteroatoms. The predicted molar refractivity (Wildman–Crippen MR) is 31.5 cm³/mol. The second-order valence-electron chi connectivity index (χ2n) is 3.10. The van der Waals surface area contributed by atoms with Gasteiger partial charge in [-0.3, -0.25) is 0 Å². The van der Waals surface area contributed by atoms with E-state index in [0.29, 0.717) is 0 Å². The molecule has 0 aromatic heterocycles. The number of aliphatic hydroxyl groups excluding tert-OH is 1. The molecule has 2 aliphatic rings. The van der Waals surface area contributed by atoms with E-state index in [-0.39, 0.29) is 6.10 Å². The molecule has 0 heterocycles. The molecule has 3 atom stereocenters. The van der Waals surface area contributed by atoms with Crippen LogP contribution in [0.3, 0.4) is 0 Å². The van der Waals surface area contributed by atoms with Gasteiger partial charge >= 0.3 is 0 Å². The summed E-state index contributed by atoms with van der Waals surface area (Å²) in [5.41, 5.74) is 0. The predicted octanol–water partition coefficient (Wildman–Crippen LogP) is 1.17. The molecule has 0 radical (unpaired) electrons. The Balaban J connectivity index is 1.97. The van der Waals surface area contributed by atoms with Gasteiger partial charge in [0, 0.05) is 0 Å². The van der Waals surface area contributed by atoms with Crippen molar-refractivity contribution < 1.29 is 5.11 Å². The minimum absolute atomic E-state index is 0.109. The summed E-state index contributed by atoms with van der Waals surface area (Å²) in [5.74, 6) is 1.45. The van der Waals surface area contributed by atoms with Crippen LogP contribution in [-0.2, 0) is 0 Å². The number of fused-ring (bicyclic) bond motifs is 1. The first kappa shape index (κ1) is 4.80. The van der Waals surface area contributed by atoms with Gasteiger partial charge in [-0.2, -0.15) is 0 Å². The number of hydrogen-bond donors (Lipinski definition) is 1. The van der Waals surface area contributed by atoms with Crippen LogP contribution in [0.4, 0.5) is 0 Å². The SMILES string of the molecule is OC1[C@H]2CCCC[C@@H]12. The van der Waals surface area contributed by atoms with Gasteiger partial charge < -0.3 is 5.11 Å². The van der Waals surface area contributed by atoms with Crippen LogP contribution >= 0.6 is 0 Å². The maximum absolute atomic E-state index is 9.13. The van der Waals surface area contributed by atoms with Gasteiger partial charge in [-0.05, 0) is 24.7 Å². The molecule has 0 aromatic carbocycles. The van der Waals surface area contributed by atoms with Crippen molar-refractivity contribution in [1.29, 1.82) is 0 Å². The highest BCUT2D eigenvalue weighted by molar-refractivity contribution is 4.99. The molecule has 8 heavy (non-hydrogen) atoms. The first-order valence-electron chi connectivity index (χ1n) is 3.57. The van der Waals surface area contributed by atoms with Crippen LogP contribution in [0.15, 0.2) is 0 Å². The molecule has 2 aliphatic carbocycles. The quantitative estimate of drug-likeness (QED) is 0.498. The van der Waals surface area contributed by atoms with E-state index in [1.54, 1.807) is 0 Å². The monoisotopic (exact) mass is 112 g/mol. The van der Waals surface area contributed by atoms with Crippen LogP contribution in [-0.4, -0.2) is 11.2 Å². The van der Waals surface area contributed by atoms with Crippen molar-refractivity contribution in [3.05, 3.63) is 0 Å². The molecule has 0 aromatic rings. The molecule has 0 spiro atoms.